The first-order chi connectivity index (χ1) is 23.9. The number of hydrogen-bond acceptors (Lipinski definition) is 10. The molecule has 10 nitrogen and oxygen atoms in total. The summed E-state index contributed by atoms with van der Waals surface area (Å²) in [6.07, 6.45) is 1.85. The molecule has 5 N–H and O–H groups in total. The molecule has 50 heavy (non-hydrogen) atoms. The Morgan fingerprint density at radius 1 is 0.980 bits per heavy atom. The molecular formula is C40H46O10. The Bertz CT molecular complexity index is 1750. The molecule has 2 saturated carbocycles. The van der Waals surface area contributed by atoms with E-state index in [2.05, 4.69) is 11.8 Å². The van der Waals surface area contributed by atoms with E-state index >= 15 is 0 Å². The van der Waals surface area contributed by atoms with Crippen molar-refractivity contribution < 1.29 is 49.4 Å². The normalized spacial score (nSPS) is 30.3. The molecule has 2 aromatic rings. The lowest BCUT2D eigenvalue weighted by Gasteiger charge is -2.50. The molecule has 0 aromatic heterocycles. The summed E-state index contributed by atoms with van der Waals surface area (Å²) in [5.41, 5.74) is 1.78. The Morgan fingerprint density at radius 3 is 2.48 bits per heavy atom. The Hall–Kier alpha value is -4.01. The molecule has 2 aliphatic heterocycles. The molecule has 2 aliphatic carbocycles. The third-order valence-electron chi connectivity index (χ3n) is 11.1. The zero-order valence-electron chi connectivity index (χ0n) is 28.6. The van der Waals surface area contributed by atoms with Gasteiger partial charge in [0.15, 0.2) is 0 Å². The maximum absolute atomic E-state index is 14.1. The number of phenols is 1. The van der Waals surface area contributed by atoms with Gasteiger partial charge in [0.25, 0.3) is 0 Å². The zero-order chi connectivity index (χ0) is 35.7. The highest BCUT2D eigenvalue weighted by molar-refractivity contribution is 5.89. The van der Waals surface area contributed by atoms with E-state index in [4.69, 9.17) is 9.47 Å². The smallest absolute Gasteiger partial charge is 0.334 e. The predicted molar refractivity (Wildman–Crippen MR) is 182 cm³/mol. The van der Waals surface area contributed by atoms with Crippen molar-refractivity contribution in [3.8, 4) is 23.3 Å². The van der Waals surface area contributed by atoms with Gasteiger partial charge in [-0.2, -0.15) is 0 Å². The third kappa shape index (κ3) is 7.38. The van der Waals surface area contributed by atoms with Gasteiger partial charge in [-0.3, -0.25) is 9.59 Å². The highest BCUT2D eigenvalue weighted by Gasteiger charge is 2.52. The summed E-state index contributed by atoms with van der Waals surface area (Å²) in [6.45, 7) is 2.93. The molecule has 4 aliphatic rings. The van der Waals surface area contributed by atoms with E-state index in [0.29, 0.717) is 65.5 Å². The number of esters is 2. The van der Waals surface area contributed by atoms with Crippen molar-refractivity contribution in [2.45, 2.75) is 120 Å². The number of aliphatic hydroxyl groups excluding tert-OH is 3. The van der Waals surface area contributed by atoms with Crippen LogP contribution in [0.2, 0.25) is 0 Å². The van der Waals surface area contributed by atoms with Gasteiger partial charge in [-0.15, -0.1) is 0 Å². The molecule has 2 heterocycles. The van der Waals surface area contributed by atoms with E-state index < -0.39 is 47.7 Å². The topological polar surface area (TPSA) is 171 Å². The summed E-state index contributed by atoms with van der Waals surface area (Å²) in [7, 11) is 0. The minimum atomic E-state index is -1.45. The molecule has 2 fully saturated rings. The van der Waals surface area contributed by atoms with Gasteiger partial charge in [0.2, 0.25) is 0 Å². The van der Waals surface area contributed by atoms with Crippen LogP contribution in [-0.4, -0.2) is 67.2 Å². The van der Waals surface area contributed by atoms with Crippen LogP contribution in [0.25, 0.3) is 0 Å². The molecule has 0 radical (unpaired) electrons. The second kappa shape index (κ2) is 14.7. The molecule has 6 rings (SSSR count). The van der Waals surface area contributed by atoms with E-state index in [1.807, 2.05) is 6.07 Å². The van der Waals surface area contributed by atoms with Crippen molar-refractivity contribution in [1.82, 2.24) is 0 Å². The van der Waals surface area contributed by atoms with E-state index in [9.17, 15) is 39.9 Å². The van der Waals surface area contributed by atoms with Crippen LogP contribution >= 0.6 is 0 Å². The second-order valence-corrected chi connectivity index (χ2v) is 14.5. The van der Waals surface area contributed by atoms with Crippen molar-refractivity contribution >= 4 is 17.7 Å². The van der Waals surface area contributed by atoms with Crippen LogP contribution in [0.4, 0.5) is 0 Å². The van der Waals surface area contributed by atoms with Gasteiger partial charge < -0.3 is 35.0 Å². The fourth-order valence-electron chi connectivity index (χ4n) is 8.34. The number of phenolic OH excluding ortho intramolecular Hbond substituents is 1. The molecule has 0 spiro atoms. The van der Waals surface area contributed by atoms with E-state index in [-0.39, 0.29) is 61.4 Å². The van der Waals surface area contributed by atoms with Crippen LogP contribution in [0.3, 0.4) is 0 Å². The van der Waals surface area contributed by atoms with Gasteiger partial charge in [0.1, 0.15) is 29.0 Å². The summed E-state index contributed by atoms with van der Waals surface area (Å²) >= 11 is 0. The van der Waals surface area contributed by atoms with Gasteiger partial charge in [-0.1, -0.05) is 42.5 Å². The van der Waals surface area contributed by atoms with Crippen LogP contribution in [-0.2, 0) is 38.6 Å². The number of carbonyl (C=O) groups excluding carboxylic acids is 3. The summed E-state index contributed by atoms with van der Waals surface area (Å²) in [5, 5.41) is 54.2. The summed E-state index contributed by atoms with van der Waals surface area (Å²) in [5.74, 6) is 4.12. The average molecular weight is 687 g/mol. The number of ketones is 1. The standard InChI is InChI=1S/C40H46O10/c1-3-25-15-26(29-12-23(11-24(13-29)21-41)14-34(44)22(2)42)6-7-27-19-38(46)49-36-20-35(45)30(17-32(27)36)18-37(50-39(25)47)40(48)10-4-5-28-16-31(43)8-9-33(28)40/h3,11-13,17,20,22,26-28,33-34,37,41-42,44-45,48H,4-5,8-10,14-16,18-19,21H2,1-2H3. The van der Waals surface area contributed by atoms with Crippen LogP contribution in [0.15, 0.2) is 42.0 Å². The Balaban J connectivity index is 1.46. The number of cyclic esters (lactones) is 1. The first kappa shape index (κ1) is 35.8. The Morgan fingerprint density at radius 2 is 1.74 bits per heavy atom. The Labute approximate surface area is 292 Å². The first-order valence-corrected chi connectivity index (χ1v) is 17.7. The van der Waals surface area contributed by atoms with Crippen LogP contribution in [0.1, 0.15) is 105 Å². The van der Waals surface area contributed by atoms with Crippen molar-refractivity contribution in [1.29, 1.82) is 0 Å². The molecule has 0 amide bonds. The van der Waals surface area contributed by atoms with Gasteiger partial charge in [-0.25, -0.2) is 4.79 Å². The highest BCUT2D eigenvalue weighted by Crippen LogP contribution is 2.49. The van der Waals surface area contributed by atoms with Crippen LogP contribution in [0.5, 0.6) is 11.5 Å². The summed E-state index contributed by atoms with van der Waals surface area (Å²) in [4.78, 5) is 39.3. The second-order valence-electron chi connectivity index (χ2n) is 14.5. The number of benzene rings is 2. The lowest BCUT2D eigenvalue weighted by atomic mass is 9.60. The molecule has 2 bridgehead atoms. The Kier molecular flexibility index (Phi) is 10.5. The van der Waals surface area contributed by atoms with Gasteiger partial charge in [0, 0.05) is 48.8 Å². The number of ether oxygens (including phenoxy) is 2. The fourth-order valence-corrected chi connectivity index (χ4v) is 8.34. The lowest BCUT2D eigenvalue weighted by molar-refractivity contribution is -0.187. The van der Waals surface area contributed by atoms with Gasteiger partial charge in [-0.05, 0) is 79.7 Å². The third-order valence-corrected chi connectivity index (χ3v) is 11.1. The number of aromatic hydroxyl groups is 1. The molecule has 8 atom stereocenters. The minimum absolute atomic E-state index is 0.000545. The van der Waals surface area contributed by atoms with Crippen molar-refractivity contribution in [3.05, 3.63) is 69.8 Å². The quantitative estimate of drug-likeness (QED) is 0.129. The highest BCUT2D eigenvalue weighted by atomic mass is 16.6. The largest absolute Gasteiger partial charge is 0.508 e. The number of carbonyl (C=O) groups is 3. The van der Waals surface area contributed by atoms with Crippen LogP contribution in [0, 0.1) is 23.7 Å². The molecule has 266 valence electrons. The van der Waals surface area contributed by atoms with E-state index in [0.717, 1.165) is 6.42 Å². The molecule has 10 heteroatoms. The molecular weight excluding hydrogens is 640 g/mol. The van der Waals surface area contributed by atoms with E-state index in [1.165, 1.54) is 13.0 Å². The maximum Gasteiger partial charge on any atom is 0.334 e. The molecule has 8 unspecified atom stereocenters. The van der Waals surface area contributed by atoms with Crippen LogP contribution < -0.4 is 4.74 Å². The number of rotatable bonds is 6. The minimum Gasteiger partial charge on any atom is -0.508 e. The SMILES string of the molecule is CC=C1CC(c2cc(CO)cc(CC(O)C(C)O)c2)C#CC2CC(=O)Oc3cc(O)c(cc32)CC(C2(O)CCCC3CC(=O)CCC32)OC1=O. The molecule has 2 aromatic carbocycles. The number of Topliss-reactive ketones (excluding diaryl/α,β-unsaturated/α-hetero) is 1. The van der Waals surface area contributed by atoms with Crippen molar-refractivity contribution in [3.63, 3.8) is 0 Å². The predicted octanol–water partition coefficient (Wildman–Crippen LogP) is 4.05. The fraction of sp³-hybridized carbons (Fsp3) is 0.525. The number of aliphatic hydroxyl groups is 4. The summed E-state index contributed by atoms with van der Waals surface area (Å²) < 4.78 is 11.8. The maximum atomic E-state index is 14.1. The first-order valence-electron chi connectivity index (χ1n) is 17.7. The lowest BCUT2D eigenvalue weighted by Crippen LogP contribution is -2.57. The number of fused-ring (bicyclic) bond motifs is 2. The van der Waals surface area contributed by atoms with Gasteiger partial charge >= 0.3 is 11.9 Å². The summed E-state index contributed by atoms with van der Waals surface area (Å²) in [6, 6.07) is 8.46. The number of allylic oxidation sites excluding steroid dienone is 1. The number of hydrogen-bond donors (Lipinski definition) is 5. The molecule has 0 saturated heterocycles. The van der Waals surface area contributed by atoms with E-state index in [1.54, 1.807) is 31.2 Å². The zero-order valence-corrected chi connectivity index (χ0v) is 28.6. The monoisotopic (exact) mass is 686 g/mol. The van der Waals surface area contributed by atoms with Gasteiger partial charge in [0.05, 0.1) is 31.2 Å². The average Bonchev–Trinajstić information content (AvgIpc) is 3.08. The van der Waals surface area contributed by atoms with Crippen molar-refractivity contribution in [2.24, 2.45) is 11.8 Å². The van der Waals surface area contributed by atoms with Crippen molar-refractivity contribution in [2.75, 3.05) is 0 Å².